The number of benzene rings is 2. The van der Waals surface area contributed by atoms with Gasteiger partial charge in [-0.25, -0.2) is 4.68 Å². The summed E-state index contributed by atoms with van der Waals surface area (Å²) in [7, 11) is 0. The maximum absolute atomic E-state index is 12.1. The van der Waals surface area contributed by atoms with Gasteiger partial charge >= 0.3 is 0 Å². The highest BCUT2D eigenvalue weighted by Gasteiger charge is 2.13. The minimum absolute atomic E-state index is 0.134. The minimum atomic E-state index is -0.134. The third kappa shape index (κ3) is 4.32. The fourth-order valence-electron chi connectivity index (χ4n) is 2.14. The van der Waals surface area contributed by atoms with Gasteiger partial charge in [-0.15, -0.1) is 10.2 Å². The van der Waals surface area contributed by atoms with Crippen molar-refractivity contribution < 1.29 is 4.79 Å². The van der Waals surface area contributed by atoms with Crippen molar-refractivity contribution in [2.24, 2.45) is 0 Å². The van der Waals surface area contributed by atoms with Gasteiger partial charge in [0.25, 0.3) is 0 Å². The summed E-state index contributed by atoms with van der Waals surface area (Å²) in [6, 6.07) is 14.8. The molecule has 1 heterocycles. The lowest BCUT2D eigenvalue weighted by molar-refractivity contribution is -0.113. The number of aryl methyl sites for hydroxylation is 1. The fraction of sp³-hybridized carbons (Fsp3) is 0.118. The zero-order valence-corrected chi connectivity index (χ0v) is 15.0. The van der Waals surface area contributed by atoms with E-state index < -0.39 is 0 Å². The molecule has 0 bridgehead atoms. The number of carbonyl (C=O) groups is 1. The molecule has 0 unspecified atom stereocenters. The van der Waals surface area contributed by atoms with Crippen LogP contribution in [0.25, 0.3) is 11.4 Å². The zero-order chi connectivity index (χ0) is 17.8. The first kappa shape index (κ1) is 17.3. The topological polar surface area (TPSA) is 85.8 Å². The Labute approximate surface area is 154 Å². The molecule has 128 valence electrons. The molecule has 0 spiro atoms. The summed E-state index contributed by atoms with van der Waals surface area (Å²) in [6.45, 7) is 1.99. The monoisotopic (exact) mass is 373 g/mol. The Morgan fingerprint density at radius 2 is 1.84 bits per heavy atom. The van der Waals surface area contributed by atoms with Gasteiger partial charge in [0.15, 0.2) is 5.82 Å². The lowest BCUT2D eigenvalue weighted by atomic mass is 10.2. The van der Waals surface area contributed by atoms with Crippen molar-refractivity contribution in [3.63, 3.8) is 0 Å². The van der Waals surface area contributed by atoms with E-state index in [1.165, 1.54) is 16.4 Å². The normalized spacial score (nSPS) is 10.6. The molecule has 25 heavy (non-hydrogen) atoms. The molecule has 3 rings (SSSR count). The van der Waals surface area contributed by atoms with Crippen LogP contribution < -0.4 is 11.2 Å². The number of anilines is 1. The van der Waals surface area contributed by atoms with Crippen molar-refractivity contribution in [2.45, 2.75) is 12.1 Å². The van der Waals surface area contributed by atoms with Gasteiger partial charge in [-0.1, -0.05) is 41.1 Å². The Morgan fingerprint density at radius 1 is 1.16 bits per heavy atom. The minimum Gasteiger partial charge on any atom is -0.335 e. The number of amides is 1. The molecule has 3 aromatic rings. The molecule has 8 heteroatoms. The molecule has 3 N–H and O–H groups in total. The maximum Gasteiger partial charge on any atom is 0.234 e. The molecule has 1 aromatic heterocycles. The summed E-state index contributed by atoms with van der Waals surface area (Å²) in [4.78, 5) is 12.1. The molecule has 0 saturated carbocycles. The van der Waals surface area contributed by atoms with E-state index in [0.717, 1.165) is 16.8 Å². The van der Waals surface area contributed by atoms with Crippen molar-refractivity contribution in [1.82, 2.24) is 14.9 Å². The van der Waals surface area contributed by atoms with Gasteiger partial charge in [0.1, 0.15) is 0 Å². The standard InChI is InChI=1S/C17H16ClN5OS/c1-11-2-8-14(9-3-11)20-15(24)10-25-17-22-21-16(23(17)19)12-4-6-13(18)7-5-12/h2-9H,10,19H2,1H3,(H,20,24). The number of hydrogen-bond donors (Lipinski definition) is 2. The van der Waals surface area contributed by atoms with Crippen molar-refractivity contribution >= 4 is 35.0 Å². The van der Waals surface area contributed by atoms with Gasteiger partial charge in [-0.05, 0) is 43.3 Å². The van der Waals surface area contributed by atoms with E-state index in [-0.39, 0.29) is 11.7 Å². The number of hydrogen-bond acceptors (Lipinski definition) is 5. The molecule has 0 radical (unpaired) electrons. The van der Waals surface area contributed by atoms with Crippen LogP contribution in [0.4, 0.5) is 5.69 Å². The van der Waals surface area contributed by atoms with Gasteiger partial charge in [-0.3, -0.25) is 4.79 Å². The number of halogens is 1. The first-order valence-corrected chi connectivity index (χ1v) is 8.85. The van der Waals surface area contributed by atoms with Crippen LogP contribution >= 0.6 is 23.4 Å². The lowest BCUT2D eigenvalue weighted by Gasteiger charge is -2.06. The Hall–Kier alpha value is -2.51. The lowest BCUT2D eigenvalue weighted by Crippen LogP contribution is -2.16. The molecule has 0 aliphatic rings. The van der Waals surface area contributed by atoms with E-state index in [4.69, 9.17) is 17.4 Å². The Bertz CT molecular complexity index is 877. The summed E-state index contributed by atoms with van der Waals surface area (Å²) < 4.78 is 1.37. The summed E-state index contributed by atoms with van der Waals surface area (Å²) in [6.07, 6.45) is 0. The van der Waals surface area contributed by atoms with E-state index >= 15 is 0 Å². The van der Waals surface area contributed by atoms with Crippen LogP contribution in [0.2, 0.25) is 5.02 Å². The maximum atomic E-state index is 12.1. The van der Waals surface area contributed by atoms with E-state index in [2.05, 4.69) is 15.5 Å². The smallest absolute Gasteiger partial charge is 0.234 e. The number of aromatic nitrogens is 3. The number of carbonyl (C=O) groups excluding carboxylic acids is 1. The van der Waals surface area contributed by atoms with Crippen LogP contribution in [-0.2, 0) is 4.79 Å². The second-order valence-electron chi connectivity index (χ2n) is 5.39. The quantitative estimate of drug-likeness (QED) is 0.529. The molecule has 0 aliphatic carbocycles. The second kappa shape index (κ2) is 7.58. The predicted octanol–water partition coefficient (Wildman–Crippen LogP) is 3.35. The average Bonchev–Trinajstić information content (AvgIpc) is 2.97. The molecule has 6 nitrogen and oxygen atoms in total. The summed E-state index contributed by atoms with van der Waals surface area (Å²) in [5.74, 6) is 6.60. The molecule has 1 amide bonds. The molecule has 2 aromatic carbocycles. The van der Waals surface area contributed by atoms with Gasteiger partial charge in [0.2, 0.25) is 11.1 Å². The summed E-state index contributed by atoms with van der Waals surface area (Å²) in [5.41, 5.74) is 2.70. The van der Waals surface area contributed by atoms with Crippen LogP contribution in [0, 0.1) is 6.92 Å². The van der Waals surface area contributed by atoms with E-state index in [0.29, 0.717) is 16.0 Å². The number of nitrogens with two attached hydrogens (primary N) is 1. The third-order valence-corrected chi connectivity index (χ3v) is 4.63. The Balaban J connectivity index is 1.62. The van der Waals surface area contributed by atoms with Crippen LogP contribution in [0.1, 0.15) is 5.56 Å². The molecular weight excluding hydrogens is 358 g/mol. The Kier molecular flexibility index (Phi) is 5.25. The van der Waals surface area contributed by atoms with Crippen LogP contribution in [0.5, 0.6) is 0 Å². The third-order valence-electron chi connectivity index (χ3n) is 3.43. The van der Waals surface area contributed by atoms with Gasteiger partial charge in [0.05, 0.1) is 5.75 Å². The van der Waals surface area contributed by atoms with Gasteiger partial charge in [-0.2, -0.15) is 0 Å². The highest BCUT2D eigenvalue weighted by molar-refractivity contribution is 7.99. The SMILES string of the molecule is Cc1ccc(NC(=O)CSc2nnc(-c3ccc(Cl)cc3)n2N)cc1. The highest BCUT2D eigenvalue weighted by atomic mass is 35.5. The van der Waals surface area contributed by atoms with Crippen molar-refractivity contribution in [3.8, 4) is 11.4 Å². The van der Waals surface area contributed by atoms with Crippen molar-refractivity contribution in [2.75, 3.05) is 16.9 Å². The van der Waals surface area contributed by atoms with E-state index in [9.17, 15) is 4.79 Å². The number of nitrogens with zero attached hydrogens (tertiary/aromatic N) is 3. The Morgan fingerprint density at radius 3 is 2.52 bits per heavy atom. The van der Waals surface area contributed by atoms with Crippen LogP contribution in [0.3, 0.4) is 0 Å². The largest absolute Gasteiger partial charge is 0.335 e. The highest BCUT2D eigenvalue weighted by Crippen LogP contribution is 2.23. The van der Waals surface area contributed by atoms with Crippen LogP contribution in [-0.4, -0.2) is 26.5 Å². The summed E-state index contributed by atoms with van der Waals surface area (Å²) in [5, 5.41) is 12.0. The zero-order valence-electron chi connectivity index (χ0n) is 13.4. The van der Waals surface area contributed by atoms with Crippen molar-refractivity contribution in [3.05, 3.63) is 59.1 Å². The predicted molar refractivity (Wildman–Crippen MR) is 101 cm³/mol. The van der Waals surface area contributed by atoms with E-state index in [1.807, 2.05) is 43.3 Å². The summed E-state index contributed by atoms with van der Waals surface area (Å²) >= 11 is 7.10. The van der Waals surface area contributed by atoms with E-state index in [1.54, 1.807) is 12.1 Å². The number of nitrogens with one attached hydrogen (secondary N) is 1. The molecule has 0 fully saturated rings. The van der Waals surface area contributed by atoms with Gasteiger partial charge in [0, 0.05) is 16.3 Å². The second-order valence-corrected chi connectivity index (χ2v) is 6.76. The first-order valence-electron chi connectivity index (χ1n) is 7.48. The average molecular weight is 374 g/mol. The number of rotatable bonds is 5. The van der Waals surface area contributed by atoms with Crippen molar-refractivity contribution in [1.29, 1.82) is 0 Å². The fourth-order valence-corrected chi connectivity index (χ4v) is 2.92. The van der Waals surface area contributed by atoms with Crippen LogP contribution in [0.15, 0.2) is 53.7 Å². The number of thioether (sulfide) groups is 1. The first-order chi connectivity index (χ1) is 12.0. The molecule has 0 atom stereocenters. The molecule has 0 aliphatic heterocycles. The molecule has 0 saturated heterocycles. The molecular formula is C17H16ClN5OS. The number of nitrogen functional groups attached to an aromatic ring is 1. The van der Waals surface area contributed by atoms with Gasteiger partial charge < -0.3 is 11.2 Å².